The van der Waals surface area contributed by atoms with Crippen molar-refractivity contribution in [3.8, 4) is 0 Å². The Morgan fingerprint density at radius 1 is 0.962 bits per heavy atom. The number of nitrogens with one attached hydrogen (secondary N) is 2. The largest absolute Gasteiger partial charge is 0.352 e. The smallest absolute Gasteiger partial charge is 0.254 e. The van der Waals surface area contributed by atoms with Crippen LogP contribution in [0.3, 0.4) is 0 Å². The van der Waals surface area contributed by atoms with Crippen LogP contribution in [0.15, 0.2) is 40.9 Å². The maximum atomic E-state index is 13.6. The van der Waals surface area contributed by atoms with Crippen LogP contribution in [0.2, 0.25) is 0 Å². The van der Waals surface area contributed by atoms with Crippen molar-refractivity contribution in [2.24, 2.45) is 0 Å². The zero-order valence-electron chi connectivity index (χ0n) is 13.6. The summed E-state index contributed by atoms with van der Waals surface area (Å²) in [6.07, 6.45) is 0.434. The van der Waals surface area contributed by atoms with E-state index in [0.717, 1.165) is 12.1 Å². The first-order valence-electron chi connectivity index (χ1n) is 7.80. The first kappa shape index (κ1) is 20.0. The molecule has 0 radical (unpaired) electrons. The summed E-state index contributed by atoms with van der Waals surface area (Å²) in [6, 6.07) is 7.12. The second-order valence-corrected chi connectivity index (χ2v) is 6.41. The number of hydrogen-bond donors (Lipinski definition) is 2. The third kappa shape index (κ3) is 5.87. The highest BCUT2D eigenvalue weighted by atomic mass is 79.9. The first-order chi connectivity index (χ1) is 12.4. The van der Waals surface area contributed by atoms with Gasteiger partial charge in [-0.3, -0.25) is 9.59 Å². The molecule has 0 heterocycles. The SMILES string of the molecule is O=C(CCCNC(=O)c1ccc(F)cc1F)NCc1cc(Br)ccc1F. The fraction of sp³-hybridized carbons (Fsp3) is 0.222. The number of carbonyl (C=O) groups excluding carboxylic acids is 2. The molecule has 0 saturated heterocycles. The second-order valence-electron chi connectivity index (χ2n) is 5.50. The summed E-state index contributed by atoms with van der Waals surface area (Å²) in [5, 5.41) is 5.05. The third-order valence-electron chi connectivity index (χ3n) is 3.53. The Hall–Kier alpha value is -2.35. The Labute approximate surface area is 156 Å². The molecule has 0 spiro atoms. The molecule has 2 N–H and O–H groups in total. The number of carbonyl (C=O) groups is 2. The zero-order valence-corrected chi connectivity index (χ0v) is 15.2. The standard InChI is InChI=1S/C18H16BrF3N2O2/c19-12-3-6-15(21)11(8-12)10-24-17(25)2-1-7-23-18(26)14-5-4-13(20)9-16(14)22/h3-6,8-9H,1-2,7,10H2,(H,23,26)(H,24,25). The molecule has 26 heavy (non-hydrogen) atoms. The molecule has 2 rings (SSSR count). The molecule has 0 aromatic heterocycles. The van der Waals surface area contributed by atoms with Gasteiger partial charge in [0.05, 0.1) is 5.56 Å². The van der Waals surface area contributed by atoms with Crippen molar-refractivity contribution < 1.29 is 22.8 Å². The minimum atomic E-state index is -0.948. The van der Waals surface area contributed by atoms with Gasteiger partial charge in [0.2, 0.25) is 5.91 Å². The van der Waals surface area contributed by atoms with Crippen LogP contribution < -0.4 is 10.6 Å². The van der Waals surface area contributed by atoms with Crippen LogP contribution in [0.25, 0.3) is 0 Å². The maximum Gasteiger partial charge on any atom is 0.254 e. The molecule has 2 aromatic rings. The number of halogens is 4. The zero-order chi connectivity index (χ0) is 19.1. The quantitative estimate of drug-likeness (QED) is 0.660. The summed E-state index contributed by atoms with van der Waals surface area (Å²) < 4.78 is 40.5. The van der Waals surface area contributed by atoms with Crippen molar-refractivity contribution in [1.29, 1.82) is 0 Å². The predicted molar refractivity (Wildman–Crippen MR) is 93.9 cm³/mol. The minimum absolute atomic E-state index is 0.0528. The minimum Gasteiger partial charge on any atom is -0.352 e. The lowest BCUT2D eigenvalue weighted by Crippen LogP contribution is -2.28. The van der Waals surface area contributed by atoms with E-state index in [0.29, 0.717) is 22.5 Å². The third-order valence-corrected chi connectivity index (χ3v) is 4.02. The lowest BCUT2D eigenvalue weighted by Gasteiger charge is -2.08. The van der Waals surface area contributed by atoms with E-state index < -0.39 is 23.4 Å². The van der Waals surface area contributed by atoms with Crippen LogP contribution in [0.4, 0.5) is 13.2 Å². The molecular weight excluding hydrogens is 413 g/mol. The fourth-order valence-corrected chi connectivity index (χ4v) is 2.59. The molecule has 0 unspecified atom stereocenters. The van der Waals surface area contributed by atoms with Crippen molar-refractivity contribution in [3.63, 3.8) is 0 Å². The van der Waals surface area contributed by atoms with Crippen molar-refractivity contribution >= 4 is 27.7 Å². The highest BCUT2D eigenvalue weighted by molar-refractivity contribution is 9.10. The average Bonchev–Trinajstić information content (AvgIpc) is 2.59. The van der Waals surface area contributed by atoms with Gasteiger partial charge in [-0.05, 0) is 36.8 Å². The van der Waals surface area contributed by atoms with Crippen molar-refractivity contribution in [1.82, 2.24) is 10.6 Å². The molecule has 0 aliphatic rings. The molecule has 138 valence electrons. The first-order valence-corrected chi connectivity index (χ1v) is 8.60. The maximum absolute atomic E-state index is 13.6. The van der Waals surface area contributed by atoms with Crippen molar-refractivity contribution in [2.75, 3.05) is 6.54 Å². The molecule has 4 nitrogen and oxygen atoms in total. The molecule has 0 saturated carbocycles. The van der Waals surface area contributed by atoms with Crippen LogP contribution in [0, 0.1) is 17.5 Å². The Kier molecular flexibility index (Phi) is 7.20. The number of amides is 2. The Bertz CT molecular complexity index is 815. The van der Waals surface area contributed by atoms with Gasteiger partial charge in [-0.1, -0.05) is 15.9 Å². The van der Waals surface area contributed by atoms with Gasteiger partial charge in [-0.2, -0.15) is 0 Å². The van der Waals surface area contributed by atoms with Gasteiger partial charge in [0.15, 0.2) is 0 Å². The van der Waals surface area contributed by atoms with Gasteiger partial charge in [0.25, 0.3) is 5.91 Å². The van der Waals surface area contributed by atoms with E-state index in [2.05, 4.69) is 26.6 Å². The van der Waals surface area contributed by atoms with Gasteiger partial charge < -0.3 is 10.6 Å². The molecule has 2 aromatic carbocycles. The van der Waals surface area contributed by atoms with Crippen LogP contribution in [0.5, 0.6) is 0 Å². The number of benzene rings is 2. The van der Waals surface area contributed by atoms with E-state index >= 15 is 0 Å². The van der Waals surface area contributed by atoms with Crippen molar-refractivity contribution in [2.45, 2.75) is 19.4 Å². The van der Waals surface area contributed by atoms with E-state index in [1.807, 2.05) is 0 Å². The van der Waals surface area contributed by atoms with Crippen LogP contribution >= 0.6 is 15.9 Å². The fourth-order valence-electron chi connectivity index (χ4n) is 2.18. The number of rotatable bonds is 7. The van der Waals surface area contributed by atoms with E-state index in [1.165, 1.54) is 6.07 Å². The van der Waals surface area contributed by atoms with E-state index in [4.69, 9.17) is 0 Å². The topological polar surface area (TPSA) is 58.2 Å². The highest BCUT2D eigenvalue weighted by Gasteiger charge is 2.12. The van der Waals surface area contributed by atoms with Gasteiger partial charge in [-0.15, -0.1) is 0 Å². The van der Waals surface area contributed by atoms with Gasteiger partial charge in [0, 0.05) is 35.6 Å². The second kappa shape index (κ2) is 9.38. The lowest BCUT2D eigenvalue weighted by molar-refractivity contribution is -0.121. The van der Waals surface area contributed by atoms with Gasteiger partial charge in [-0.25, -0.2) is 13.2 Å². The molecule has 0 bridgehead atoms. The molecule has 2 amide bonds. The van der Waals surface area contributed by atoms with Crippen LogP contribution in [0.1, 0.15) is 28.8 Å². The van der Waals surface area contributed by atoms with Crippen molar-refractivity contribution in [3.05, 3.63) is 69.4 Å². The summed E-state index contributed by atoms with van der Waals surface area (Å²) in [5.41, 5.74) is 0.0915. The summed E-state index contributed by atoms with van der Waals surface area (Å²) in [7, 11) is 0. The predicted octanol–water partition coefficient (Wildman–Crippen LogP) is 3.69. The Morgan fingerprint density at radius 3 is 2.46 bits per heavy atom. The van der Waals surface area contributed by atoms with Crippen LogP contribution in [-0.2, 0) is 11.3 Å². The van der Waals surface area contributed by atoms with E-state index in [-0.39, 0.29) is 31.0 Å². The molecule has 0 aliphatic heterocycles. The highest BCUT2D eigenvalue weighted by Crippen LogP contribution is 2.15. The summed E-state index contributed by atoms with van der Waals surface area (Å²) >= 11 is 3.23. The van der Waals surface area contributed by atoms with Gasteiger partial charge >= 0.3 is 0 Å². The summed E-state index contributed by atoms with van der Waals surface area (Å²) in [6.45, 7) is 0.200. The molecule has 0 fully saturated rings. The molecule has 0 atom stereocenters. The summed E-state index contributed by atoms with van der Waals surface area (Å²) in [4.78, 5) is 23.5. The normalized spacial score (nSPS) is 10.5. The number of hydrogen-bond acceptors (Lipinski definition) is 2. The van der Waals surface area contributed by atoms with E-state index in [9.17, 15) is 22.8 Å². The Morgan fingerprint density at radius 2 is 1.73 bits per heavy atom. The lowest BCUT2D eigenvalue weighted by atomic mass is 10.2. The monoisotopic (exact) mass is 428 g/mol. The van der Waals surface area contributed by atoms with Crippen LogP contribution in [-0.4, -0.2) is 18.4 Å². The molecule has 8 heteroatoms. The van der Waals surface area contributed by atoms with E-state index in [1.54, 1.807) is 12.1 Å². The van der Waals surface area contributed by atoms with Gasteiger partial charge in [0.1, 0.15) is 17.5 Å². The summed E-state index contributed by atoms with van der Waals surface area (Å²) in [5.74, 6) is -3.11. The molecular formula is C18H16BrF3N2O2. The molecule has 0 aliphatic carbocycles. The Balaban J connectivity index is 1.71. The average molecular weight is 429 g/mol.